The third-order valence-electron chi connectivity index (χ3n) is 4.54. The van der Waals surface area contributed by atoms with Crippen LogP contribution in [-0.4, -0.2) is 21.4 Å². The van der Waals surface area contributed by atoms with Gasteiger partial charge >= 0.3 is 0 Å². The van der Waals surface area contributed by atoms with E-state index in [0.717, 1.165) is 5.56 Å². The Hall–Kier alpha value is -3.32. The van der Waals surface area contributed by atoms with E-state index < -0.39 is 10.0 Å². The average Bonchev–Trinajstić information content (AvgIpc) is 2.78. The Morgan fingerprint density at radius 3 is 2.39 bits per heavy atom. The predicted octanol–water partition coefficient (Wildman–Crippen LogP) is 4.18. The predicted molar refractivity (Wildman–Crippen MR) is 108 cm³/mol. The molecule has 1 heterocycles. The number of anilines is 2. The third kappa shape index (κ3) is 3.20. The quantitative estimate of drug-likeness (QED) is 0.723. The van der Waals surface area contributed by atoms with Crippen molar-refractivity contribution in [2.45, 2.75) is 11.8 Å². The van der Waals surface area contributed by atoms with Crippen molar-refractivity contribution in [1.29, 1.82) is 0 Å². The molecule has 0 fully saturated rings. The maximum absolute atomic E-state index is 12.9. The summed E-state index contributed by atoms with van der Waals surface area (Å²) in [5.74, 6) is 0.654. The Labute approximate surface area is 163 Å². The number of hydrogen-bond acceptors (Lipinski definition) is 4. The highest BCUT2D eigenvalue weighted by molar-refractivity contribution is 7.92. The molecule has 0 unspecified atom stereocenters. The molecule has 0 bridgehead atoms. The van der Waals surface area contributed by atoms with Crippen LogP contribution in [0.3, 0.4) is 0 Å². The molecule has 6 nitrogen and oxygen atoms in total. The van der Waals surface area contributed by atoms with E-state index in [1.54, 1.807) is 55.6 Å². The largest absolute Gasteiger partial charge is 0.454 e. The normalized spacial score (nSPS) is 13.2. The highest BCUT2D eigenvalue weighted by Crippen LogP contribution is 2.39. The summed E-state index contributed by atoms with van der Waals surface area (Å²) in [6, 6.07) is 18.4. The standard InChI is InChI=1S/C21H18N2O4S/c1-14-7-10-16(11-8-14)28(25,26)22-15-9-12-19-17(13-15)21(24)23(2)18-5-3-4-6-20(18)27-19/h3-13,22H,1-2H3. The summed E-state index contributed by atoms with van der Waals surface area (Å²) in [7, 11) is -2.11. The van der Waals surface area contributed by atoms with Gasteiger partial charge in [0.25, 0.3) is 15.9 Å². The van der Waals surface area contributed by atoms with Crippen LogP contribution in [0.25, 0.3) is 0 Å². The first-order chi connectivity index (χ1) is 13.3. The van der Waals surface area contributed by atoms with Crippen LogP contribution in [0.15, 0.2) is 71.6 Å². The Bertz CT molecular complexity index is 1170. The van der Waals surface area contributed by atoms with Crippen LogP contribution in [0.2, 0.25) is 0 Å². The number of ether oxygens (including phenoxy) is 1. The number of aryl methyl sites for hydroxylation is 1. The molecule has 3 aromatic carbocycles. The molecule has 0 spiro atoms. The van der Waals surface area contributed by atoms with Crippen molar-refractivity contribution < 1.29 is 17.9 Å². The van der Waals surface area contributed by atoms with E-state index in [-0.39, 0.29) is 22.1 Å². The van der Waals surface area contributed by atoms with Crippen molar-refractivity contribution in [3.63, 3.8) is 0 Å². The first kappa shape index (κ1) is 18.1. The number of carbonyl (C=O) groups is 1. The third-order valence-corrected chi connectivity index (χ3v) is 5.94. The van der Waals surface area contributed by atoms with Crippen LogP contribution in [-0.2, 0) is 10.0 Å². The number of carbonyl (C=O) groups excluding carboxylic acids is 1. The zero-order valence-corrected chi connectivity index (χ0v) is 16.2. The number of para-hydroxylation sites is 2. The van der Waals surface area contributed by atoms with Gasteiger partial charge in [0.2, 0.25) is 0 Å². The minimum atomic E-state index is -3.77. The summed E-state index contributed by atoms with van der Waals surface area (Å²) in [6.45, 7) is 1.89. The molecule has 7 heteroatoms. The summed E-state index contributed by atoms with van der Waals surface area (Å²) in [6.07, 6.45) is 0. The van der Waals surface area contributed by atoms with Gasteiger partial charge in [0.1, 0.15) is 5.75 Å². The zero-order valence-electron chi connectivity index (χ0n) is 15.3. The van der Waals surface area contributed by atoms with Crippen molar-refractivity contribution in [2.75, 3.05) is 16.7 Å². The minimum absolute atomic E-state index is 0.153. The van der Waals surface area contributed by atoms with Gasteiger partial charge in [-0.25, -0.2) is 8.42 Å². The first-order valence-corrected chi connectivity index (χ1v) is 10.1. The van der Waals surface area contributed by atoms with Crippen molar-refractivity contribution in [3.8, 4) is 11.5 Å². The van der Waals surface area contributed by atoms with Crippen LogP contribution in [0.1, 0.15) is 15.9 Å². The van der Waals surface area contributed by atoms with Crippen molar-refractivity contribution in [3.05, 3.63) is 77.9 Å². The maximum Gasteiger partial charge on any atom is 0.261 e. The fourth-order valence-electron chi connectivity index (χ4n) is 3.01. The number of nitrogens with zero attached hydrogens (tertiary/aromatic N) is 1. The van der Waals surface area contributed by atoms with Gasteiger partial charge < -0.3 is 9.64 Å². The molecule has 0 saturated carbocycles. The molecule has 0 aliphatic carbocycles. The highest BCUT2D eigenvalue weighted by atomic mass is 32.2. The molecule has 0 saturated heterocycles. The Morgan fingerprint density at radius 2 is 1.64 bits per heavy atom. The molecule has 1 amide bonds. The van der Waals surface area contributed by atoms with E-state index in [0.29, 0.717) is 17.2 Å². The van der Waals surface area contributed by atoms with Gasteiger partial charge in [-0.15, -0.1) is 0 Å². The molecule has 1 aliphatic heterocycles. The number of fused-ring (bicyclic) bond motifs is 2. The van der Waals surface area contributed by atoms with Gasteiger partial charge in [-0.3, -0.25) is 9.52 Å². The van der Waals surface area contributed by atoms with Gasteiger partial charge in [0.05, 0.1) is 16.1 Å². The second kappa shape index (κ2) is 6.69. The van der Waals surface area contributed by atoms with E-state index in [1.807, 2.05) is 19.1 Å². The summed E-state index contributed by atoms with van der Waals surface area (Å²) in [5, 5.41) is 0. The Kier molecular flexibility index (Phi) is 4.31. The second-order valence-corrected chi connectivity index (χ2v) is 8.25. The molecule has 0 atom stereocenters. The molecule has 0 aromatic heterocycles. The molecule has 4 rings (SSSR count). The lowest BCUT2D eigenvalue weighted by molar-refractivity contribution is 0.0993. The SMILES string of the molecule is Cc1ccc(S(=O)(=O)Nc2ccc3c(c2)C(=O)N(C)c2ccccc2O3)cc1. The maximum atomic E-state index is 12.9. The number of sulfonamides is 1. The summed E-state index contributed by atoms with van der Waals surface area (Å²) < 4.78 is 33.7. The van der Waals surface area contributed by atoms with Crippen LogP contribution >= 0.6 is 0 Å². The molecule has 0 radical (unpaired) electrons. The highest BCUT2D eigenvalue weighted by Gasteiger charge is 2.26. The van der Waals surface area contributed by atoms with Crippen LogP contribution in [0.4, 0.5) is 11.4 Å². The van der Waals surface area contributed by atoms with Crippen LogP contribution in [0.5, 0.6) is 11.5 Å². The van der Waals surface area contributed by atoms with E-state index in [4.69, 9.17) is 4.74 Å². The summed E-state index contributed by atoms with van der Waals surface area (Å²) in [4.78, 5) is 14.5. The number of rotatable bonds is 3. The van der Waals surface area contributed by atoms with Crippen LogP contribution < -0.4 is 14.4 Å². The number of nitrogens with one attached hydrogen (secondary N) is 1. The Morgan fingerprint density at radius 1 is 0.929 bits per heavy atom. The minimum Gasteiger partial charge on any atom is -0.454 e. The topological polar surface area (TPSA) is 75.7 Å². The molecule has 28 heavy (non-hydrogen) atoms. The monoisotopic (exact) mass is 394 g/mol. The lowest BCUT2D eigenvalue weighted by Crippen LogP contribution is -2.25. The van der Waals surface area contributed by atoms with Crippen molar-refractivity contribution in [1.82, 2.24) is 0 Å². The van der Waals surface area contributed by atoms with Gasteiger partial charge in [0.15, 0.2) is 5.75 Å². The zero-order chi connectivity index (χ0) is 19.9. The lowest BCUT2D eigenvalue weighted by atomic mass is 10.1. The fourth-order valence-corrected chi connectivity index (χ4v) is 4.06. The fraction of sp³-hybridized carbons (Fsp3) is 0.0952. The lowest BCUT2D eigenvalue weighted by Gasteiger charge is -2.16. The molecule has 1 N–H and O–H groups in total. The van der Waals surface area contributed by atoms with Gasteiger partial charge in [-0.1, -0.05) is 29.8 Å². The molecule has 3 aromatic rings. The number of benzene rings is 3. The van der Waals surface area contributed by atoms with Gasteiger partial charge in [0, 0.05) is 12.7 Å². The number of amides is 1. The molecular weight excluding hydrogens is 376 g/mol. The first-order valence-electron chi connectivity index (χ1n) is 8.64. The number of hydrogen-bond donors (Lipinski definition) is 1. The van der Waals surface area contributed by atoms with E-state index in [2.05, 4.69) is 4.72 Å². The van der Waals surface area contributed by atoms with Gasteiger partial charge in [-0.05, 0) is 49.4 Å². The second-order valence-electron chi connectivity index (χ2n) is 6.56. The van der Waals surface area contributed by atoms with Crippen molar-refractivity contribution in [2.24, 2.45) is 0 Å². The van der Waals surface area contributed by atoms with E-state index in [9.17, 15) is 13.2 Å². The molecular formula is C21H18N2O4S. The van der Waals surface area contributed by atoms with Gasteiger partial charge in [-0.2, -0.15) is 0 Å². The Balaban J connectivity index is 1.70. The average molecular weight is 394 g/mol. The van der Waals surface area contributed by atoms with E-state index in [1.165, 1.54) is 11.0 Å². The summed E-state index contributed by atoms with van der Waals surface area (Å²) >= 11 is 0. The van der Waals surface area contributed by atoms with E-state index >= 15 is 0 Å². The molecule has 1 aliphatic rings. The smallest absolute Gasteiger partial charge is 0.261 e. The van der Waals surface area contributed by atoms with Crippen molar-refractivity contribution >= 4 is 27.3 Å². The molecule has 142 valence electrons. The van der Waals surface area contributed by atoms with Crippen LogP contribution in [0, 0.1) is 6.92 Å². The summed E-state index contributed by atoms with van der Waals surface area (Å²) in [5.41, 5.74) is 2.18.